The van der Waals surface area contributed by atoms with Crippen molar-refractivity contribution in [3.8, 4) is 0 Å². The summed E-state index contributed by atoms with van der Waals surface area (Å²) < 4.78 is 0. The normalized spacial score (nSPS) is 11.5. The number of rotatable bonds is 6. The van der Waals surface area contributed by atoms with Crippen LogP contribution in [-0.2, 0) is 9.63 Å². The highest BCUT2D eigenvalue weighted by Crippen LogP contribution is 2.23. The monoisotopic (exact) mass is 358 g/mol. The summed E-state index contributed by atoms with van der Waals surface area (Å²) in [6.45, 7) is 0. The molecule has 1 amide bonds. The van der Waals surface area contributed by atoms with Crippen molar-refractivity contribution in [3.05, 3.63) is 108 Å². The van der Waals surface area contributed by atoms with E-state index in [2.05, 4.69) is 0 Å². The number of benzene rings is 3. The number of hydroxylamine groups is 2. The van der Waals surface area contributed by atoms with E-state index in [0.29, 0.717) is 0 Å². The van der Waals surface area contributed by atoms with Crippen LogP contribution in [0.25, 0.3) is 0 Å². The third-order valence-corrected chi connectivity index (χ3v) is 4.29. The molecule has 3 rings (SSSR count). The molecule has 27 heavy (non-hydrogen) atoms. The van der Waals surface area contributed by atoms with E-state index in [1.807, 2.05) is 91.0 Å². The Morgan fingerprint density at radius 1 is 0.815 bits per heavy atom. The summed E-state index contributed by atoms with van der Waals surface area (Å²) >= 11 is 0. The van der Waals surface area contributed by atoms with Gasteiger partial charge in [0.05, 0.1) is 12.8 Å². The average Bonchev–Trinajstić information content (AvgIpc) is 2.75. The lowest BCUT2D eigenvalue weighted by Gasteiger charge is -2.21. The van der Waals surface area contributed by atoms with Crippen molar-refractivity contribution in [2.45, 2.75) is 6.04 Å². The maximum absolute atomic E-state index is 13.0. The first kappa shape index (κ1) is 18.5. The minimum Gasteiger partial charge on any atom is -0.274 e. The van der Waals surface area contributed by atoms with E-state index in [0.717, 1.165) is 22.4 Å². The lowest BCUT2D eigenvalue weighted by Crippen LogP contribution is -2.30. The third kappa shape index (κ3) is 4.49. The molecule has 0 bridgehead atoms. The Morgan fingerprint density at radius 2 is 1.26 bits per heavy atom. The summed E-state index contributed by atoms with van der Waals surface area (Å²) in [4.78, 5) is 23.0. The van der Waals surface area contributed by atoms with E-state index < -0.39 is 6.04 Å². The first-order chi connectivity index (χ1) is 13.2. The second-order valence-electron chi connectivity index (χ2n) is 6.04. The number of hydrogen-bond donors (Lipinski definition) is 0. The highest BCUT2D eigenvalue weighted by molar-refractivity contribution is 6.13. The zero-order valence-electron chi connectivity index (χ0n) is 15.4. The Bertz CT molecular complexity index is 852. The van der Waals surface area contributed by atoms with Gasteiger partial charge in [-0.25, -0.2) is 5.06 Å². The van der Waals surface area contributed by atoms with E-state index in [4.69, 9.17) is 9.83 Å². The van der Waals surface area contributed by atoms with Crippen molar-refractivity contribution in [2.75, 3.05) is 14.2 Å². The number of carbonyl (C=O) groups excluding carboxylic acids is 1. The second kappa shape index (κ2) is 8.92. The standard InChI is InChI=1S/C23H22N2O2/c1-25(27-2)23(26)22(20-16-10-5-11-17-20)24-21(18-12-6-3-7-13-18)19-14-8-4-9-15-19/h3-17,22H,1-2H3. The fraction of sp³-hybridized carbons (Fsp3) is 0.130. The maximum Gasteiger partial charge on any atom is 0.275 e. The fourth-order valence-electron chi connectivity index (χ4n) is 2.81. The van der Waals surface area contributed by atoms with Gasteiger partial charge in [-0.05, 0) is 5.56 Å². The zero-order valence-corrected chi connectivity index (χ0v) is 15.4. The van der Waals surface area contributed by atoms with Gasteiger partial charge in [-0.1, -0.05) is 91.0 Å². The second-order valence-corrected chi connectivity index (χ2v) is 6.04. The SMILES string of the molecule is CON(C)C(=O)C(N=C(c1ccccc1)c1ccccc1)c1ccccc1. The summed E-state index contributed by atoms with van der Waals surface area (Å²) in [5.74, 6) is -0.229. The maximum atomic E-state index is 13.0. The fourth-order valence-corrected chi connectivity index (χ4v) is 2.81. The number of likely N-dealkylation sites (N-methyl/N-ethyl adjacent to an activating group) is 1. The Labute approximate surface area is 159 Å². The molecular weight excluding hydrogens is 336 g/mol. The van der Waals surface area contributed by atoms with Crippen LogP contribution in [0.15, 0.2) is 96.0 Å². The van der Waals surface area contributed by atoms with Crippen molar-refractivity contribution in [2.24, 2.45) is 4.99 Å². The van der Waals surface area contributed by atoms with Gasteiger partial charge in [0.15, 0.2) is 6.04 Å². The van der Waals surface area contributed by atoms with Gasteiger partial charge in [0.25, 0.3) is 5.91 Å². The summed E-state index contributed by atoms with van der Waals surface area (Å²) in [6, 6.07) is 28.6. The lowest BCUT2D eigenvalue weighted by molar-refractivity contribution is -0.170. The lowest BCUT2D eigenvalue weighted by atomic mass is 10.0. The molecule has 0 aliphatic rings. The molecule has 4 nitrogen and oxygen atoms in total. The summed E-state index contributed by atoms with van der Waals surface area (Å²) in [7, 11) is 3.07. The molecule has 0 spiro atoms. The van der Waals surface area contributed by atoms with E-state index >= 15 is 0 Å². The number of nitrogens with zero attached hydrogens (tertiary/aromatic N) is 2. The van der Waals surface area contributed by atoms with Gasteiger partial charge in [0.2, 0.25) is 0 Å². The van der Waals surface area contributed by atoms with Crippen molar-refractivity contribution >= 4 is 11.6 Å². The highest BCUT2D eigenvalue weighted by Gasteiger charge is 2.25. The first-order valence-electron chi connectivity index (χ1n) is 8.76. The average molecular weight is 358 g/mol. The van der Waals surface area contributed by atoms with Gasteiger partial charge >= 0.3 is 0 Å². The molecule has 0 N–H and O–H groups in total. The Morgan fingerprint density at radius 3 is 1.70 bits per heavy atom. The number of aliphatic imine (C=N–C) groups is 1. The van der Waals surface area contributed by atoms with Gasteiger partial charge < -0.3 is 0 Å². The van der Waals surface area contributed by atoms with E-state index in [1.165, 1.54) is 12.2 Å². The van der Waals surface area contributed by atoms with Crippen LogP contribution in [0.3, 0.4) is 0 Å². The molecule has 0 aliphatic carbocycles. The van der Waals surface area contributed by atoms with Gasteiger partial charge in [-0.3, -0.25) is 14.6 Å². The van der Waals surface area contributed by atoms with Gasteiger partial charge in [0, 0.05) is 18.2 Å². The molecule has 4 heteroatoms. The minimum absolute atomic E-state index is 0.229. The van der Waals surface area contributed by atoms with E-state index in [-0.39, 0.29) is 5.91 Å². The zero-order chi connectivity index (χ0) is 19.1. The Kier molecular flexibility index (Phi) is 6.13. The van der Waals surface area contributed by atoms with Crippen LogP contribution in [0.1, 0.15) is 22.7 Å². The van der Waals surface area contributed by atoms with Crippen molar-refractivity contribution in [3.63, 3.8) is 0 Å². The molecule has 0 aromatic heterocycles. The van der Waals surface area contributed by atoms with Crippen LogP contribution >= 0.6 is 0 Å². The summed E-state index contributed by atoms with van der Waals surface area (Å²) in [5.41, 5.74) is 3.49. The van der Waals surface area contributed by atoms with E-state index in [1.54, 1.807) is 7.05 Å². The number of amides is 1. The molecule has 0 aliphatic heterocycles. The molecule has 0 radical (unpaired) electrons. The Hall–Kier alpha value is -3.24. The first-order valence-corrected chi connectivity index (χ1v) is 8.76. The summed E-state index contributed by atoms with van der Waals surface area (Å²) in [5, 5.41) is 1.22. The van der Waals surface area contributed by atoms with Crippen LogP contribution in [0, 0.1) is 0 Å². The van der Waals surface area contributed by atoms with Gasteiger partial charge in [0.1, 0.15) is 0 Å². The van der Waals surface area contributed by atoms with Gasteiger partial charge in [-0.15, -0.1) is 0 Å². The summed E-state index contributed by atoms with van der Waals surface area (Å²) in [6.07, 6.45) is 0. The molecule has 0 saturated carbocycles. The molecule has 0 saturated heterocycles. The molecular formula is C23H22N2O2. The van der Waals surface area contributed by atoms with Crippen LogP contribution < -0.4 is 0 Å². The predicted octanol–water partition coefficient (Wildman–Crippen LogP) is 4.29. The molecule has 1 unspecified atom stereocenters. The molecule has 0 fully saturated rings. The minimum atomic E-state index is -0.702. The van der Waals surface area contributed by atoms with Crippen molar-refractivity contribution < 1.29 is 9.63 Å². The van der Waals surface area contributed by atoms with E-state index in [9.17, 15) is 4.79 Å². The smallest absolute Gasteiger partial charge is 0.274 e. The van der Waals surface area contributed by atoms with Crippen LogP contribution in [-0.4, -0.2) is 30.8 Å². The van der Waals surface area contributed by atoms with Crippen LogP contribution in [0.2, 0.25) is 0 Å². The quantitative estimate of drug-likeness (QED) is 0.487. The Balaban J connectivity index is 2.15. The molecule has 1 atom stereocenters. The number of hydrogen-bond acceptors (Lipinski definition) is 3. The topological polar surface area (TPSA) is 41.9 Å². The third-order valence-electron chi connectivity index (χ3n) is 4.29. The predicted molar refractivity (Wildman–Crippen MR) is 107 cm³/mol. The largest absolute Gasteiger partial charge is 0.275 e. The van der Waals surface area contributed by atoms with Crippen molar-refractivity contribution in [1.29, 1.82) is 0 Å². The molecule has 3 aromatic carbocycles. The highest BCUT2D eigenvalue weighted by atomic mass is 16.7. The van der Waals surface area contributed by atoms with Crippen LogP contribution in [0.4, 0.5) is 0 Å². The molecule has 3 aromatic rings. The molecule has 136 valence electrons. The number of carbonyl (C=O) groups is 1. The molecule has 0 heterocycles. The van der Waals surface area contributed by atoms with Crippen LogP contribution in [0.5, 0.6) is 0 Å². The van der Waals surface area contributed by atoms with Crippen molar-refractivity contribution in [1.82, 2.24) is 5.06 Å². The van der Waals surface area contributed by atoms with Gasteiger partial charge in [-0.2, -0.15) is 0 Å².